The van der Waals surface area contributed by atoms with Crippen LogP contribution in [0.1, 0.15) is 37.9 Å². The normalized spacial score (nSPS) is 17.1. The molecular weight excluding hydrogens is 246 g/mol. The second-order valence-electron chi connectivity index (χ2n) is 6.00. The molecule has 1 aliphatic rings. The zero-order valence-corrected chi connectivity index (χ0v) is 13.0. The first-order chi connectivity index (χ1) is 9.65. The number of piperidine rings is 1. The second kappa shape index (κ2) is 7.55. The van der Waals surface area contributed by atoms with E-state index in [1.807, 2.05) is 12.3 Å². The predicted octanol–water partition coefficient (Wildman–Crippen LogP) is 2.91. The molecule has 110 valence electrons. The molecular formula is C17H27N3. The molecule has 1 saturated heterocycles. The summed E-state index contributed by atoms with van der Waals surface area (Å²) in [5.41, 5.74) is 3.87. The van der Waals surface area contributed by atoms with Gasteiger partial charge in [0.15, 0.2) is 0 Å². The van der Waals surface area contributed by atoms with Gasteiger partial charge in [-0.1, -0.05) is 17.7 Å². The molecule has 1 aromatic heterocycles. The molecule has 0 atom stereocenters. The predicted molar refractivity (Wildman–Crippen MR) is 84.7 cm³/mol. The number of rotatable bonds is 5. The maximum atomic E-state index is 4.45. The Hall–Kier alpha value is -1.19. The molecule has 0 saturated carbocycles. The average molecular weight is 273 g/mol. The molecule has 20 heavy (non-hydrogen) atoms. The fourth-order valence-electron chi connectivity index (χ4n) is 2.58. The minimum atomic E-state index is 0.638. The van der Waals surface area contributed by atoms with Crippen molar-refractivity contribution in [3.63, 3.8) is 0 Å². The van der Waals surface area contributed by atoms with Gasteiger partial charge < -0.3 is 5.32 Å². The van der Waals surface area contributed by atoms with Crippen LogP contribution in [0.3, 0.4) is 0 Å². The summed E-state index contributed by atoms with van der Waals surface area (Å²) in [6.07, 6.45) is 6.68. The first-order valence-electron chi connectivity index (χ1n) is 7.65. The molecule has 0 radical (unpaired) electrons. The molecule has 1 aromatic rings. The van der Waals surface area contributed by atoms with Crippen LogP contribution in [0.2, 0.25) is 0 Å². The van der Waals surface area contributed by atoms with Crippen molar-refractivity contribution in [1.82, 2.24) is 15.2 Å². The summed E-state index contributed by atoms with van der Waals surface area (Å²) in [4.78, 5) is 6.98. The molecule has 0 spiro atoms. The van der Waals surface area contributed by atoms with Gasteiger partial charge in [0.25, 0.3) is 0 Å². The SMILES string of the molecule is CC(C)=CCN1CCC(NCc2ncccc2C)CC1. The highest BCUT2D eigenvalue weighted by molar-refractivity contribution is 5.17. The molecule has 0 amide bonds. The summed E-state index contributed by atoms with van der Waals surface area (Å²) in [5.74, 6) is 0. The number of aryl methyl sites for hydroxylation is 1. The largest absolute Gasteiger partial charge is 0.308 e. The lowest BCUT2D eigenvalue weighted by molar-refractivity contribution is 0.214. The van der Waals surface area contributed by atoms with Gasteiger partial charge >= 0.3 is 0 Å². The van der Waals surface area contributed by atoms with E-state index in [-0.39, 0.29) is 0 Å². The van der Waals surface area contributed by atoms with Gasteiger partial charge in [-0.05, 0) is 58.3 Å². The van der Waals surface area contributed by atoms with Gasteiger partial charge in [0.05, 0.1) is 5.69 Å². The van der Waals surface area contributed by atoms with Crippen LogP contribution < -0.4 is 5.32 Å². The smallest absolute Gasteiger partial charge is 0.0570 e. The topological polar surface area (TPSA) is 28.2 Å². The Bertz CT molecular complexity index is 441. The quantitative estimate of drug-likeness (QED) is 0.836. The summed E-state index contributed by atoms with van der Waals surface area (Å²) >= 11 is 0. The van der Waals surface area contributed by atoms with Crippen LogP contribution in [-0.4, -0.2) is 35.6 Å². The lowest BCUT2D eigenvalue weighted by atomic mass is 10.0. The minimum absolute atomic E-state index is 0.638. The van der Waals surface area contributed by atoms with Gasteiger partial charge in [-0.25, -0.2) is 0 Å². The number of nitrogens with one attached hydrogen (secondary N) is 1. The van der Waals surface area contributed by atoms with Crippen LogP contribution in [0.15, 0.2) is 30.0 Å². The Kier molecular flexibility index (Phi) is 5.74. The van der Waals surface area contributed by atoms with E-state index in [1.165, 1.54) is 42.8 Å². The van der Waals surface area contributed by atoms with Crippen molar-refractivity contribution in [3.05, 3.63) is 41.2 Å². The van der Waals surface area contributed by atoms with Crippen molar-refractivity contribution in [1.29, 1.82) is 0 Å². The summed E-state index contributed by atoms with van der Waals surface area (Å²) in [6.45, 7) is 10.9. The third-order valence-corrected chi connectivity index (χ3v) is 4.02. The van der Waals surface area contributed by atoms with Crippen molar-refractivity contribution in [3.8, 4) is 0 Å². The molecule has 0 bridgehead atoms. The maximum absolute atomic E-state index is 4.45. The van der Waals surface area contributed by atoms with E-state index in [0.29, 0.717) is 6.04 Å². The molecule has 1 aliphatic heterocycles. The van der Waals surface area contributed by atoms with Crippen LogP contribution in [0.25, 0.3) is 0 Å². The van der Waals surface area contributed by atoms with Gasteiger partial charge in [0.1, 0.15) is 0 Å². The monoisotopic (exact) mass is 273 g/mol. The van der Waals surface area contributed by atoms with Gasteiger partial charge in [-0.2, -0.15) is 0 Å². The Morgan fingerprint density at radius 3 is 2.80 bits per heavy atom. The number of aromatic nitrogens is 1. The number of likely N-dealkylation sites (tertiary alicyclic amines) is 1. The molecule has 1 N–H and O–H groups in total. The number of hydrogen-bond donors (Lipinski definition) is 1. The van der Waals surface area contributed by atoms with E-state index in [1.54, 1.807) is 0 Å². The fraction of sp³-hybridized carbons (Fsp3) is 0.588. The highest BCUT2D eigenvalue weighted by Gasteiger charge is 2.18. The van der Waals surface area contributed by atoms with E-state index in [2.05, 4.69) is 48.1 Å². The number of hydrogen-bond acceptors (Lipinski definition) is 3. The van der Waals surface area contributed by atoms with E-state index in [4.69, 9.17) is 0 Å². The van der Waals surface area contributed by atoms with E-state index in [0.717, 1.165) is 13.1 Å². The molecule has 2 rings (SSSR count). The molecule has 0 aromatic carbocycles. The third-order valence-electron chi connectivity index (χ3n) is 4.02. The van der Waals surface area contributed by atoms with Crippen molar-refractivity contribution in [2.75, 3.05) is 19.6 Å². The highest BCUT2D eigenvalue weighted by Crippen LogP contribution is 2.12. The molecule has 2 heterocycles. The Morgan fingerprint density at radius 1 is 1.40 bits per heavy atom. The lowest BCUT2D eigenvalue weighted by Gasteiger charge is -2.31. The number of pyridine rings is 1. The van der Waals surface area contributed by atoms with Gasteiger partial charge in [-0.3, -0.25) is 9.88 Å². The first kappa shape index (κ1) is 15.2. The number of allylic oxidation sites excluding steroid dienone is 1. The van der Waals surface area contributed by atoms with E-state index >= 15 is 0 Å². The lowest BCUT2D eigenvalue weighted by Crippen LogP contribution is -2.42. The van der Waals surface area contributed by atoms with Crippen molar-refractivity contribution >= 4 is 0 Å². The van der Waals surface area contributed by atoms with Crippen LogP contribution >= 0.6 is 0 Å². The zero-order chi connectivity index (χ0) is 14.4. The zero-order valence-electron chi connectivity index (χ0n) is 13.0. The van der Waals surface area contributed by atoms with E-state index in [9.17, 15) is 0 Å². The number of nitrogens with zero attached hydrogens (tertiary/aromatic N) is 2. The van der Waals surface area contributed by atoms with Crippen LogP contribution in [0.5, 0.6) is 0 Å². The Morgan fingerprint density at radius 2 is 2.15 bits per heavy atom. The maximum Gasteiger partial charge on any atom is 0.0570 e. The van der Waals surface area contributed by atoms with Crippen LogP contribution in [-0.2, 0) is 6.54 Å². The van der Waals surface area contributed by atoms with E-state index < -0.39 is 0 Å². The van der Waals surface area contributed by atoms with Crippen molar-refractivity contribution in [2.45, 2.75) is 46.2 Å². The fourth-order valence-corrected chi connectivity index (χ4v) is 2.58. The van der Waals surface area contributed by atoms with Crippen molar-refractivity contribution in [2.24, 2.45) is 0 Å². The van der Waals surface area contributed by atoms with Gasteiger partial charge in [-0.15, -0.1) is 0 Å². The Balaban J connectivity index is 1.72. The van der Waals surface area contributed by atoms with Crippen LogP contribution in [0.4, 0.5) is 0 Å². The molecule has 3 nitrogen and oxygen atoms in total. The molecule has 3 heteroatoms. The summed E-state index contributed by atoms with van der Waals surface area (Å²) in [6, 6.07) is 4.77. The van der Waals surface area contributed by atoms with Gasteiger partial charge in [0.2, 0.25) is 0 Å². The molecule has 0 unspecified atom stereocenters. The Labute approximate surface area is 123 Å². The average Bonchev–Trinajstić information content (AvgIpc) is 2.45. The summed E-state index contributed by atoms with van der Waals surface area (Å²) < 4.78 is 0. The highest BCUT2D eigenvalue weighted by atomic mass is 15.1. The second-order valence-corrected chi connectivity index (χ2v) is 6.00. The third kappa shape index (κ3) is 4.73. The first-order valence-corrected chi connectivity index (χ1v) is 7.65. The minimum Gasteiger partial charge on any atom is -0.308 e. The summed E-state index contributed by atoms with van der Waals surface area (Å²) in [7, 11) is 0. The van der Waals surface area contributed by atoms with Gasteiger partial charge in [0, 0.05) is 25.3 Å². The van der Waals surface area contributed by atoms with Crippen molar-refractivity contribution < 1.29 is 0 Å². The van der Waals surface area contributed by atoms with Crippen LogP contribution in [0, 0.1) is 6.92 Å². The summed E-state index contributed by atoms with van der Waals surface area (Å²) in [5, 5.41) is 3.66. The standard InChI is InChI=1S/C17H27N3/c1-14(2)6-10-20-11-7-16(8-12-20)19-13-17-15(3)5-4-9-18-17/h4-6,9,16,19H,7-8,10-13H2,1-3H3. The molecule has 1 fully saturated rings. The molecule has 0 aliphatic carbocycles.